The quantitative estimate of drug-likeness (QED) is 0.249. The monoisotopic (exact) mass is 140 g/mol. The number of nitrogens with one attached hydrogen (secondary N) is 2. The normalized spacial score (nSPS) is 8.44. The van der Waals surface area contributed by atoms with Gasteiger partial charge in [-0.05, 0) is 0 Å². The van der Waals surface area contributed by atoms with Gasteiger partial charge in [-0.3, -0.25) is 0 Å². The summed E-state index contributed by atoms with van der Waals surface area (Å²) in [5.74, 6) is 0. The van der Waals surface area contributed by atoms with Crippen LogP contribution >= 0.6 is 0 Å². The minimum absolute atomic E-state index is 0. The Hall–Kier alpha value is -0.460. The fourth-order valence-corrected chi connectivity index (χ4v) is 0.305. The topological polar surface area (TPSA) is 90.9 Å². The van der Waals surface area contributed by atoms with E-state index in [0.29, 0.717) is 0 Å². The van der Waals surface area contributed by atoms with E-state index in [9.17, 15) is 9.59 Å². The first-order chi connectivity index (χ1) is 3.72. The molecule has 1 heterocycles. The van der Waals surface area contributed by atoms with Crippen molar-refractivity contribution in [3.8, 4) is 0 Å². The molecule has 7 heteroatoms. The van der Waals surface area contributed by atoms with Crippen molar-refractivity contribution in [2.75, 3.05) is 0 Å². The molecule has 0 unspecified atom stereocenters. The standard InChI is InChI=1S/C2H3N3O3.Na/c6-1-3-4-2(7)5(1)8;/h8H,(H,3,6)(H,4,7);/q;+1. The minimum atomic E-state index is -0.866. The van der Waals surface area contributed by atoms with Gasteiger partial charge in [0.15, 0.2) is 0 Å². The van der Waals surface area contributed by atoms with Crippen molar-refractivity contribution < 1.29 is 34.8 Å². The molecule has 0 aliphatic carbocycles. The number of hydrogen-bond acceptors (Lipinski definition) is 3. The molecule has 0 saturated carbocycles. The first kappa shape index (κ1) is 8.54. The van der Waals surface area contributed by atoms with Gasteiger partial charge in [-0.1, -0.05) is 4.73 Å². The van der Waals surface area contributed by atoms with Crippen molar-refractivity contribution in [1.29, 1.82) is 0 Å². The van der Waals surface area contributed by atoms with Crippen LogP contribution in [0, 0.1) is 0 Å². The van der Waals surface area contributed by atoms with Crippen LogP contribution in [0.25, 0.3) is 0 Å². The summed E-state index contributed by atoms with van der Waals surface area (Å²) in [5, 5.41) is 12.0. The molecular weight excluding hydrogens is 137 g/mol. The predicted octanol–water partition coefficient (Wildman–Crippen LogP) is -4.89. The molecule has 6 nitrogen and oxygen atoms in total. The van der Waals surface area contributed by atoms with E-state index in [4.69, 9.17) is 5.21 Å². The van der Waals surface area contributed by atoms with E-state index in [2.05, 4.69) is 0 Å². The van der Waals surface area contributed by atoms with Crippen LogP contribution in [-0.4, -0.2) is 20.1 Å². The van der Waals surface area contributed by atoms with E-state index in [1.807, 2.05) is 10.2 Å². The molecule has 0 radical (unpaired) electrons. The fourth-order valence-electron chi connectivity index (χ4n) is 0.305. The van der Waals surface area contributed by atoms with Gasteiger partial charge in [0.2, 0.25) is 0 Å². The van der Waals surface area contributed by atoms with Crippen LogP contribution in [0.15, 0.2) is 9.59 Å². The van der Waals surface area contributed by atoms with Crippen molar-refractivity contribution in [3.05, 3.63) is 21.0 Å². The number of H-pyrrole nitrogens is 2. The van der Waals surface area contributed by atoms with Gasteiger partial charge in [0.25, 0.3) is 0 Å². The summed E-state index contributed by atoms with van der Waals surface area (Å²) >= 11 is 0. The van der Waals surface area contributed by atoms with E-state index >= 15 is 0 Å². The smallest absolute Gasteiger partial charge is 0.420 e. The van der Waals surface area contributed by atoms with E-state index in [1.165, 1.54) is 0 Å². The van der Waals surface area contributed by atoms with Gasteiger partial charge < -0.3 is 5.21 Å². The van der Waals surface area contributed by atoms with Crippen molar-refractivity contribution in [1.82, 2.24) is 14.9 Å². The van der Waals surface area contributed by atoms with Crippen LogP contribution in [0.2, 0.25) is 0 Å². The van der Waals surface area contributed by atoms with Crippen LogP contribution in [-0.2, 0) is 0 Å². The second kappa shape index (κ2) is 2.90. The molecule has 0 bridgehead atoms. The van der Waals surface area contributed by atoms with Gasteiger partial charge in [0.1, 0.15) is 0 Å². The number of nitrogens with zero attached hydrogens (tertiary/aromatic N) is 1. The summed E-state index contributed by atoms with van der Waals surface area (Å²) in [5.41, 5.74) is -1.73. The molecule has 1 aromatic rings. The molecule has 0 fully saturated rings. The molecule has 0 aliphatic heterocycles. The first-order valence-corrected chi connectivity index (χ1v) is 1.81. The molecule has 1 rings (SSSR count). The van der Waals surface area contributed by atoms with Crippen molar-refractivity contribution in [2.24, 2.45) is 0 Å². The molecule has 0 aromatic carbocycles. The first-order valence-electron chi connectivity index (χ1n) is 1.81. The van der Waals surface area contributed by atoms with Crippen molar-refractivity contribution in [3.63, 3.8) is 0 Å². The Labute approximate surface area is 70.7 Å². The zero-order valence-corrected chi connectivity index (χ0v) is 6.71. The Morgan fingerprint density at radius 2 is 1.56 bits per heavy atom. The van der Waals surface area contributed by atoms with Crippen LogP contribution < -0.4 is 40.9 Å². The summed E-state index contributed by atoms with van der Waals surface area (Å²) in [6.07, 6.45) is 0. The molecule has 0 saturated heterocycles. The van der Waals surface area contributed by atoms with Crippen LogP contribution in [0.1, 0.15) is 0 Å². The van der Waals surface area contributed by atoms with Crippen molar-refractivity contribution >= 4 is 0 Å². The molecule has 0 amide bonds. The van der Waals surface area contributed by atoms with E-state index < -0.39 is 11.4 Å². The average molecular weight is 140 g/mol. The number of aromatic amines is 2. The Kier molecular flexibility index (Phi) is 2.75. The minimum Gasteiger partial charge on any atom is -0.420 e. The maximum Gasteiger partial charge on any atom is 1.00 e. The van der Waals surface area contributed by atoms with E-state index in [1.54, 1.807) is 0 Å². The summed E-state index contributed by atoms with van der Waals surface area (Å²) < 4.78 is -0.0556. The number of aromatic nitrogens is 3. The second-order valence-electron chi connectivity index (χ2n) is 1.17. The molecule has 44 valence electrons. The van der Waals surface area contributed by atoms with E-state index in [-0.39, 0.29) is 34.3 Å². The fraction of sp³-hybridized carbons (Fsp3) is 0. The molecule has 0 atom stereocenters. The predicted molar refractivity (Wildman–Crippen MR) is 22.9 cm³/mol. The Balaban J connectivity index is 0.000000640. The SMILES string of the molecule is O=c1[nH][nH]c(=O)n1O.[Na+]. The molecule has 9 heavy (non-hydrogen) atoms. The van der Waals surface area contributed by atoms with Gasteiger partial charge in [-0.15, -0.1) is 0 Å². The molecular formula is C2H3N3NaO3+. The Morgan fingerprint density at radius 1 is 1.22 bits per heavy atom. The zero-order chi connectivity index (χ0) is 6.15. The van der Waals surface area contributed by atoms with Gasteiger partial charge in [0.05, 0.1) is 0 Å². The van der Waals surface area contributed by atoms with Crippen LogP contribution in [0.3, 0.4) is 0 Å². The third-order valence-corrected chi connectivity index (χ3v) is 0.661. The van der Waals surface area contributed by atoms with Crippen LogP contribution in [0.4, 0.5) is 0 Å². The third kappa shape index (κ3) is 1.47. The molecule has 1 aromatic heterocycles. The maximum absolute atomic E-state index is 10.1. The third-order valence-electron chi connectivity index (χ3n) is 0.661. The Bertz CT molecular complexity index is 254. The largest absolute Gasteiger partial charge is 1.00 e. The van der Waals surface area contributed by atoms with E-state index in [0.717, 1.165) is 0 Å². The molecule has 0 spiro atoms. The number of hydrogen-bond donors (Lipinski definition) is 3. The second-order valence-corrected chi connectivity index (χ2v) is 1.17. The van der Waals surface area contributed by atoms with Gasteiger partial charge in [-0.2, -0.15) is 0 Å². The summed E-state index contributed by atoms with van der Waals surface area (Å²) in [6.45, 7) is 0. The molecule has 3 N–H and O–H groups in total. The molecule has 0 aliphatic rings. The average Bonchev–Trinajstić information content (AvgIpc) is 1.98. The van der Waals surface area contributed by atoms with Gasteiger partial charge in [0, 0.05) is 0 Å². The summed E-state index contributed by atoms with van der Waals surface area (Å²) in [4.78, 5) is 20.1. The van der Waals surface area contributed by atoms with Crippen LogP contribution in [0.5, 0.6) is 0 Å². The zero-order valence-electron chi connectivity index (χ0n) is 4.71. The van der Waals surface area contributed by atoms with Gasteiger partial charge in [-0.25, -0.2) is 19.8 Å². The van der Waals surface area contributed by atoms with Gasteiger partial charge >= 0.3 is 40.9 Å². The Morgan fingerprint density at radius 3 is 1.67 bits per heavy atom. The number of rotatable bonds is 0. The summed E-state index contributed by atoms with van der Waals surface area (Å²) in [7, 11) is 0. The maximum atomic E-state index is 10.1. The summed E-state index contributed by atoms with van der Waals surface area (Å²) in [6, 6.07) is 0. The van der Waals surface area contributed by atoms with Crippen molar-refractivity contribution in [2.45, 2.75) is 0 Å².